The lowest BCUT2D eigenvalue weighted by molar-refractivity contribution is 0.201. The molecule has 1 heteroatoms. The van der Waals surface area contributed by atoms with Crippen molar-refractivity contribution in [1.29, 1.82) is 0 Å². The van der Waals surface area contributed by atoms with Gasteiger partial charge >= 0.3 is 0 Å². The van der Waals surface area contributed by atoms with Crippen LogP contribution in [0.3, 0.4) is 0 Å². The molecule has 0 aliphatic heterocycles. The van der Waals surface area contributed by atoms with Gasteiger partial charge in [-0.25, -0.2) is 0 Å². The highest BCUT2D eigenvalue weighted by Gasteiger charge is 2.26. The molecule has 0 amide bonds. The fraction of sp³-hybridized carbons (Fsp3) is 0.400. The zero-order valence-corrected chi connectivity index (χ0v) is 27.4. The van der Waals surface area contributed by atoms with E-state index in [0.717, 1.165) is 18.4 Å². The predicted molar refractivity (Wildman–Crippen MR) is 185 cm³/mol. The van der Waals surface area contributed by atoms with Crippen molar-refractivity contribution in [3.63, 3.8) is 0 Å². The van der Waals surface area contributed by atoms with Gasteiger partial charge in [-0.2, -0.15) is 0 Å². The summed E-state index contributed by atoms with van der Waals surface area (Å²) in [5.41, 5.74) is 10.3. The van der Waals surface area contributed by atoms with Gasteiger partial charge < -0.3 is 5.11 Å². The average molecular weight is 553 g/mol. The zero-order valence-electron chi connectivity index (χ0n) is 27.4. The SMILES string of the molecule is C=C(C)C(O)CCC(C)=C/C=C/C(C)=C/C=C/C(C)=C/C=C/C=C(C)/C=C/C=C(C)/C=C/C1=C(C)CCCC1(C)C. The van der Waals surface area contributed by atoms with E-state index in [1.165, 1.54) is 58.3 Å². The Morgan fingerprint density at radius 3 is 1.71 bits per heavy atom. The van der Waals surface area contributed by atoms with E-state index in [-0.39, 0.29) is 5.41 Å². The Kier molecular flexibility index (Phi) is 16.7. The third kappa shape index (κ3) is 16.0. The summed E-state index contributed by atoms with van der Waals surface area (Å²) in [5.74, 6) is 0. The highest BCUT2D eigenvalue weighted by molar-refractivity contribution is 5.37. The maximum Gasteiger partial charge on any atom is 0.0747 e. The molecule has 0 fully saturated rings. The van der Waals surface area contributed by atoms with Crippen molar-refractivity contribution in [2.75, 3.05) is 0 Å². The quantitative estimate of drug-likeness (QED) is 0.168. The molecule has 0 saturated heterocycles. The maximum atomic E-state index is 9.86. The molecule has 1 rings (SSSR count). The summed E-state index contributed by atoms with van der Waals surface area (Å²) in [7, 11) is 0. The van der Waals surface area contributed by atoms with Crippen molar-refractivity contribution >= 4 is 0 Å². The molecule has 1 unspecified atom stereocenters. The fourth-order valence-electron chi connectivity index (χ4n) is 4.62. The van der Waals surface area contributed by atoms with E-state index in [9.17, 15) is 5.11 Å². The standard InChI is InChI=1S/C40H56O/c1-31(2)39(41)29-27-36(7)24-15-22-34(5)21-13-19-32(3)17-11-12-18-33(4)20-14-23-35(6)26-28-38-37(8)25-16-30-40(38,9)10/h11-15,17-24,26,28,39,41H,1,16,25,27,29-30H2,2-10H3/b12-11+,19-13+,20-14+,22-15+,28-26+,32-17+,33-18+,34-21+,35-23+,36-24?. The second kappa shape index (κ2) is 19.1. The highest BCUT2D eigenvalue weighted by Crippen LogP contribution is 2.40. The summed E-state index contributed by atoms with van der Waals surface area (Å²) in [5, 5.41) is 9.86. The van der Waals surface area contributed by atoms with Crippen LogP contribution >= 0.6 is 0 Å². The number of allylic oxidation sites excluding steroid dienone is 22. The van der Waals surface area contributed by atoms with Crippen LogP contribution in [0.25, 0.3) is 0 Å². The third-order valence-corrected chi connectivity index (χ3v) is 7.44. The van der Waals surface area contributed by atoms with Gasteiger partial charge in [0.05, 0.1) is 6.10 Å². The highest BCUT2D eigenvalue weighted by atomic mass is 16.3. The van der Waals surface area contributed by atoms with Crippen LogP contribution in [0.2, 0.25) is 0 Å². The van der Waals surface area contributed by atoms with Crippen molar-refractivity contribution in [3.05, 3.63) is 142 Å². The van der Waals surface area contributed by atoms with Crippen LogP contribution < -0.4 is 0 Å². The Morgan fingerprint density at radius 1 is 0.756 bits per heavy atom. The van der Waals surface area contributed by atoms with Gasteiger partial charge in [0, 0.05) is 0 Å². The maximum absolute atomic E-state index is 9.86. The van der Waals surface area contributed by atoms with Gasteiger partial charge in [-0.1, -0.05) is 151 Å². The van der Waals surface area contributed by atoms with Gasteiger partial charge in [-0.15, -0.1) is 0 Å². The van der Waals surface area contributed by atoms with E-state index in [1.807, 2.05) is 6.92 Å². The average Bonchev–Trinajstić information content (AvgIpc) is 2.89. The van der Waals surface area contributed by atoms with Crippen molar-refractivity contribution < 1.29 is 5.11 Å². The minimum absolute atomic E-state index is 0.282. The Hall–Kier alpha value is -3.16. The minimum Gasteiger partial charge on any atom is -0.389 e. The number of hydrogen-bond acceptors (Lipinski definition) is 1. The second-order valence-electron chi connectivity index (χ2n) is 12.3. The molecule has 1 N–H and O–H groups in total. The van der Waals surface area contributed by atoms with E-state index in [0.29, 0.717) is 0 Å². The summed E-state index contributed by atoms with van der Waals surface area (Å²) >= 11 is 0. The third-order valence-electron chi connectivity index (χ3n) is 7.44. The van der Waals surface area contributed by atoms with E-state index < -0.39 is 6.10 Å². The van der Waals surface area contributed by atoms with Crippen LogP contribution in [0.1, 0.15) is 94.4 Å². The number of rotatable bonds is 14. The Balaban J connectivity index is 2.58. The lowest BCUT2D eigenvalue weighted by Crippen LogP contribution is -2.19. The molecule has 0 spiro atoms. The first-order valence-corrected chi connectivity index (χ1v) is 15.1. The van der Waals surface area contributed by atoms with Crippen LogP contribution in [0, 0.1) is 5.41 Å². The molecule has 0 heterocycles. The second-order valence-corrected chi connectivity index (χ2v) is 12.3. The van der Waals surface area contributed by atoms with E-state index in [4.69, 9.17) is 0 Å². The minimum atomic E-state index is -0.414. The van der Waals surface area contributed by atoms with Crippen LogP contribution in [0.4, 0.5) is 0 Å². The van der Waals surface area contributed by atoms with Crippen molar-refractivity contribution in [3.8, 4) is 0 Å². The molecule has 0 bridgehead atoms. The molecule has 0 aromatic carbocycles. The summed E-state index contributed by atoms with van der Waals surface area (Å²) in [6.45, 7) is 23.3. The Bertz CT molecular complexity index is 1210. The lowest BCUT2D eigenvalue weighted by atomic mass is 9.72. The van der Waals surface area contributed by atoms with E-state index >= 15 is 0 Å². The molecule has 1 aliphatic carbocycles. The summed E-state index contributed by atoms with van der Waals surface area (Å²) in [4.78, 5) is 0. The summed E-state index contributed by atoms with van der Waals surface area (Å²) in [6.07, 6.45) is 37.0. The van der Waals surface area contributed by atoms with Gasteiger partial charge in [0.15, 0.2) is 0 Å². The normalized spacial score (nSPS) is 19.2. The lowest BCUT2D eigenvalue weighted by Gasteiger charge is -2.32. The summed E-state index contributed by atoms with van der Waals surface area (Å²) < 4.78 is 0. The molecule has 0 radical (unpaired) electrons. The van der Waals surface area contributed by atoms with Crippen LogP contribution in [-0.4, -0.2) is 11.2 Å². The molecular weight excluding hydrogens is 496 g/mol. The van der Waals surface area contributed by atoms with Gasteiger partial charge in [0.2, 0.25) is 0 Å². The van der Waals surface area contributed by atoms with E-state index in [2.05, 4.69) is 153 Å². The monoisotopic (exact) mass is 552 g/mol. The first kappa shape index (κ1) is 35.9. The molecule has 1 atom stereocenters. The van der Waals surface area contributed by atoms with Gasteiger partial charge in [0.1, 0.15) is 0 Å². The predicted octanol–water partition coefficient (Wildman–Crippen LogP) is 11.7. The molecule has 1 aliphatic rings. The smallest absolute Gasteiger partial charge is 0.0747 e. The molecule has 0 aromatic rings. The first-order chi connectivity index (χ1) is 19.3. The van der Waals surface area contributed by atoms with Crippen LogP contribution in [-0.2, 0) is 0 Å². The molecule has 0 aromatic heterocycles. The zero-order chi connectivity index (χ0) is 30.8. The Morgan fingerprint density at radius 2 is 1.22 bits per heavy atom. The first-order valence-electron chi connectivity index (χ1n) is 15.1. The molecule has 222 valence electrons. The number of aliphatic hydroxyl groups is 1. The van der Waals surface area contributed by atoms with Crippen LogP contribution in [0.5, 0.6) is 0 Å². The molecule has 1 nitrogen and oxygen atoms in total. The molecular formula is C40H56O. The summed E-state index contributed by atoms with van der Waals surface area (Å²) in [6, 6.07) is 0. The van der Waals surface area contributed by atoms with Crippen molar-refractivity contribution in [1.82, 2.24) is 0 Å². The van der Waals surface area contributed by atoms with Gasteiger partial charge in [-0.3, -0.25) is 0 Å². The fourth-order valence-corrected chi connectivity index (χ4v) is 4.62. The topological polar surface area (TPSA) is 20.2 Å². The van der Waals surface area contributed by atoms with Crippen molar-refractivity contribution in [2.24, 2.45) is 5.41 Å². The number of hydrogen-bond donors (Lipinski definition) is 1. The molecule has 0 saturated carbocycles. The Labute approximate surface area is 252 Å². The van der Waals surface area contributed by atoms with Gasteiger partial charge in [0.25, 0.3) is 0 Å². The molecule has 41 heavy (non-hydrogen) atoms. The van der Waals surface area contributed by atoms with E-state index in [1.54, 1.807) is 0 Å². The van der Waals surface area contributed by atoms with Gasteiger partial charge in [-0.05, 0) is 91.6 Å². The largest absolute Gasteiger partial charge is 0.389 e. The van der Waals surface area contributed by atoms with Crippen LogP contribution in [0.15, 0.2) is 142 Å². The van der Waals surface area contributed by atoms with Crippen molar-refractivity contribution in [2.45, 2.75) is 101 Å². The number of aliphatic hydroxyl groups excluding tert-OH is 1.